The topological polar surface area (TPSA) is 12.0 Å². The van der Waals surface area contributed by atoms with E-state index in [2.05, 4.69) is 50.5 Å². The fraction of sp³-hybridized carbons (Fsp3) is 0.700. The molecule has 0 aromatic heterocycles. The number of hydrogen-bond donors (Lipinski definition) is 1. The summed E-state index contributed by atoms with van der Waals surface area (Å²) < 4.78 is 0. The number of benzene rings is 1. The summed E-state index contributed by atoms with van der Waals surface area (Å²) in [6, 6.07) is 9.79. The lowest BCUT2D eigenvalue weighted by Crippen LogP contribution is -2.45. The summed E-state index contributed by atoms with van der Waals surface area (Å²) in [6.45, 7) is 4.90. The highest BCUT2D eigenvalue weighted by Crippen LogP contribution is 2.39. The molecule has 1 nitrogen and oxygen atoms in total. The highest BCUT2D eigenvalue weighted by Gasteiger charge is 2.34. The monoisotopic (exact) mass is 285 g/mol. The van der Waals surface area contributed by atoms with E-state index in [9.17, 15) is 0 Å². The third-order valence-corrected chi connectivity index (χ3v) is 5.95. The third kappa shape index (κ3) is 3.34. The molecule has 1 saturated carbocycles. The van der Waals surface area contributed by atoms with Crippen LogP contribution in [0.3, 0.4) is 0 Å². The van der Waals surface area contributed by atoms with E-state index in [0.29, 0.717) is 6.04 Å². The standard InChI is InChI=1S/C20H31N/c1-14-10-15(2)12-19(11-14)20(21-3)18-9-8-16-6-4-5-7-17(16)13-18/h4-7,14-15,18-21H,8-13H2,1-3H3. The molecule has 0 amide bonds. The third-order valence-electron chi connectivity index (χ3n) is 5.95. The highest BCUT2D eigenvalue weighted by molar-refractivity contribution is 5.30. The lowest BCUT2D eigenvalue weighted by atomic mass is 9.68. The van der Waals surface area contributed by atoms with Crippen LogP contribution >= 0.6 is 0 Å². The number of fused-ring (bicyclic) bond motifs is 1. The van der Waals surface area contributed by atoms with Crippen molar-refractivity contribution >= 4 is 0 Å². The Labute approximate surface area is 130 Å². The van der Waals surface area contributed by atoms with Crippen molar-refractivity contribution in [1.82, 2.24) is 5.32 Å². The summed E-state index contributed by atoms with van der Waals surface area (Å²) in [6.07, 6.45) is 8.20. The summed E-state index contributed by atoms with van der Waals surface area (Å²) in [5, 5.41) is 3.71. The molecule has 0 radical (unpaired) electrons. The SMILES string of the molecule is CNC(C1CCc2ccccc2C1)C1CC(C)CC(C)C1. The first-order valence-electron chi connectivity index (χ1n) is 8.91. The fourth-order valence-corrected chi connectivity index (χ4v) is 5.19. The van der Waals surface area contributed by atoms with Gasteiger partial charge in [-0.25, -0.2) is 0 Å². The van der Waals surface area contributed by atoms with Crippen LogP contribution in [-0.2, 0) is 12.8 Å². The number of rotatable bonds is 3. The molecule has 4 unspecified atom stereocenters. The molecule has 21 heavy (non-hydrogen) atoms. The van der Waals surface area contributed by atoms with Gasteiger partial charge in [-0.05, 0) is 80.4 Å². The Hall–Kier alpha value is -0.820. The van der Waals surface area contributed by atoms with E-state index in [1.165, 1.54) is 38.5 Å². The van der Waals surface area contributed by atoms with Crippen LogP contribution in [0.1, 0.15) is 50.7 Å². The highest BCUT2D eigenvalue weighted by atomic mass is 14.9. The summed E-state index contributed by atoms with van der Waals surface area (Å²) in [4.78, 5) is 0. The van der Waals surface area contributed by atoms with Crippen LogP contribution in [0.2, 0.25) is 0 Å². The van der Waals surface area contributed by atoms with Crippen molar-refractivity contribution in [3.8, 4) is 0 Å². The molecule has 2 aliphatic rings. The van der Waals surface area contributed by atoms with Crippen LogP contribution in [0, 0.1) is 23.7 Å². The van der Waals surface area contributed by atoms with Gasteiger partial charge in [-0.2, -0.15) is 0 Å². The predicted molar refractivity (Wildman–Crippen MR) is 90.5 cm³/mol. The molecular formula is C20H31N. The second kappa shape index (κ2) is 6.52. The largest absolute Gasteiger partial charge is 0.316 e. The second-order valence-corrected chi connectivity index (χ2v) is 7.76. The molecule has 1 heteroatoms. The van der Waals surface area contributed by atoms with Crippen LogP contribution in [0.25, 0.3) is 0 Å². The minimum atomic E-state index is 0.712. The smallest absolute Gasteiger partial charge is 0.0124 e. The summed E-state index contributed by atoms with van der Waals surface area (Å²) in [5.74, 6) is 3.52. The molecule has 0 spiro atoms. The molecule has 116 valence electrons. The van der Waals surface area contributed by atoms with Gasteiger partial charge in [0, 0.05) is 6.04 Å². The van der Waals surface area contributed by atoms with Crippen LogP contribution in [0.15, 0.2) is 24.3 Å². The molecule has 1 aromatic carbocycles. The quantitative estimate of drug-likeness (QED) is 0.865. The lowest BCUT2D eigenvalue weighted by Gasteiger charge is -2.41. The zero-order valence-electron chi connectivity index (χ0n) is 13.9. The molecule has 1 N–H and O–H groups in total. The Morgan fingerprint density at radius 2 is 1.62 bits per heavy atom. The first-order valence-corrected chi connectivity index (χ1v) is 8.91. The van der Waals surface area contributed by atoms with Crippen molar-refractivity contribution in [2.24, 2.45) is 23.7 Å². The Morgan fingerprint density at radius 1 is 0.952 bits per heavy atom. The van der Waals surface area contributed by atoms with Crippen molar-refractivity contribution in [1.29, 1.82) is 0 Å². The van der Waals surface area contributed by atoms with Gasteiger partial charge in [-0.1, -0.05) is 38.1 Å². The van der Waals surface area contributed by atoms with Gasteiger partial charge in [0.1, 0.15) is 0 Å². The van der Waals surface area contributed by atoms with Crippen molar-refractivity contribution < 1.29 is 0 Å². The fourth-order valence-electron chi connectivity index (χ4n) is 5.19. The number of nitrogens with one attached hydrogen (secondary N) is 1. The van der Waals surface area contributed by atoms with Gasteiger partial charge in [0.25, 0.3) is 0 Å². The van der Waals surface area contributed by atoms with Crippen molar-refractivity contribution in [2.75, 3.05) is 7.05 Å². The Bertz CT molecular complexity index is 457. The molecule has 4 atom stereocenters. The van der Waals surface area contributed by atoms with Gasteiger partial charge in [0.15, 0.2) is 0 Å². The second-order valence-electron chi connectivity index (χ2n) is 7.76. The molecule has 0 bridgehead atoms. The Morgan fingerprint density at radius 3 is 2.29 bits per heavy atom. The summed E-state index contributed by atoms with van der Waals surface area (Å²) >= 11 is 0. The van der Waals surface area contributed by atoms with E-state index in [0.717, 1.165) is 23.7 Å². The molecule has 1 fully saturated rings. The van der Waals surface area contributed by atoms with Gasteiger partial charge in [-0.3, -0.25) is 0 Å². The first kappa shape index (κ1) is 15.1. The number of aryl methyl sites for hydroxylation is 1. The van der Waals surface area contributed by atoms with E-state index in [1.807, 2.05) is 0 Å². The van der Waals surface area contributed by atoms with Gasteiger partial charge in [-0.15, -0.1) is 0 Å². The van der Waals surface area contributed by atoms with Gasteiger partial charge >= 0.3 is 0 Å². The van der Waals surface area contributed by atoms with E-state index in [-0.39, 0.29) is 0 Å². The minimum absolute atomic E-state index is 0.712. The maximum absolute atomic E-state index is 3.71. The van der Waals surface area contributed by atoms with Crippen molar-refractivity contribution in [2.45, 2.75) is 58.4 Å². The van der Waals surface area contributed by atoms with E-state index < -0.39 is 0 Å². The maximum atomic E-state index is 3.71. The van der Waals surface area contributed by atoms with Crippen LogP contribution in [0.4, 0.5) is 0 Å². The number of hydrogen-bond acceptors (Lipinski definition) is 1. The van der Waals surface area contributed by atoms with E-state index in [1.54, 1.807) is 11.1 Å². The molecule has 1 aromatic rings. The van der Waals surface area contributed by atoms with E-state index >= 15 is 0 Å². The Balaban J connectivity index is 1.72. The normalized spacial score (nSPS) is 34.2. The first-order chi connectivity index (χ1) is 10.2. The van der Waals surface area contributed by atoms with Gasteiger partial charge in [0.05, 0.1) is 0 Å². The zero-order valence-corrected chi connectivity index (χ0v) is 13.9. The summed E-state index contributed by atoms with van der Waals surface area (Å²) in [7, 11) is 2.19. The van der Waals surface area contributed by atoms with Crippen molar-refractivity contribution in [3.63, 3.8) is 0 Å². The predicted octanol–water partition coefficient (Wildman–Crippen LogP) is 4.45. The maximum Gasteiger partial charge on any atom is 0.0124 e. The molecule has 3 rings (SSSR count). The average Bonchev–Trinajstić information content (AvgIpc) is 2.47. The van der Waals surface area contributed by atoms with Crippen LogP contribution in [-0.4, -0.2) is 13.1 Å². The van der Waals surface area contributed by atoms with E-state index in [4.69, 9.17) is 0 Å². The molecular weight excluding hydrogens is 254 g/mol. The van der Waals surface area contributed by atoms with Crippen molar-refractivity contribution in [3.05, 3.63) is 35.4 Å². The molecule has 0 saturated heterocycles. The zero-order chi connectivity index (χ0) is 14.8. The lowest BCUT2D eigenvalue weighted by molar-refractivity contribution is 0.141. The minimum Gasteiger partial charge on any atom is -0.316 e. The molecule has 0 heterocycles. The molecule has 2 aliphatic carbocycles. The van der Waals surface area contributed by atoms with Crippen LogP contribution in [0.5, 0.6) is 0 Å². The average molecular weight is 285 g/mol. The Kier molecular flexibility index (Phi) is 4.69. The summed E-state index contributed by atoms with van der Waals surface area (Å²) in [5.41, 5.74) is 3.19. The van der Waals surface area contributed by atoms with Crippen LogP contribution < -0.4 is 5.32 Å². The molecule has 0 aliphatic heterocycles. The van der Waals surface area contributed by atoms with Gasteiger partial charge < -0.3 is 5.32 Å². The van der Waals surface area contributed by atoms with Gasteiger partial charge in [0.2, 0.25) is 0 Å².